The Balaban J connectivity index is 1.42. The first-order chi connectivity index (χ1) is 18.0. The van der Waals surface area contributed by atoms with Crippen molar-refractivity contribution in [1.29, 1.82) is 0 Å². The number of carbonyl (C=O) groups is 1. The van der Waals surface area contributed by atoms with Gasteiger partial charge in [0.1, 0.15) is 22.8 Å². The van der Waals surface area contributed by atoms with Crippen LogP contribution >= 0.6 is 11.6 Å². The first-order valence-electron chi connectivity index (χ1n) is 11.8. The Morgan fingerprint density at radius 3 is 2.35 bits per heavy atom. The number of oxime groups is 1. The number of aromatic nitrogens is 1. The van der Waals surface area contributed by atoms with Crippen molar-refractivity contribution in [2.24, 2.45) is 11.1 Å². The molecule has 8 heteroatoms. The van der Waals surface area contributed by atoms with Gasteiger partial charge in [-0.05, 0) is 85.5 Å². The molecule has 1 aliphatic carbocycles. The van der Waals surface area contributed by atoms with Gasteiger partial charge in [-0.15, -0.1) is 0 Å². The van der Waals surface area contributed by atoms with E-state index in [2.05, 4.69) is 15.0 Å². The van der Waals surface area contributed by atoms with E-state index >= 15 is 0 Å². The summed E-state index contributed by atoms with van der Waals surface area (Å²) in [6, 6.07) is 24.9. The van der Waals surface area contributed by atoms with E-state index in [9.17, 15) is 15.1 Å². The SMILES string of the molecule is O=C(O)c1cc(C(=NO)c2ccc(N(CC3CC3)c3ccc(Cl)cc3)cn2)ccc1Oc1ccccc1. The standard InChI is InChI=1S/C29H24ClN3O4/c30-21-9-11-22(12-10-21)33(18-19-6-7-19)23-13-14-26(31-17-23)28(32-36)20-8-15-27(25(16-20)29(34)35)37-24-4-2-1-3-5-24/h1-5,8-17,19,36H,6-7,18H2,(H,34,35). The van der Waals surface area contributed by atoms with E-state index in [0.29, 0.717) is 27.9 Å². The van der Waals surface area contributed by atoms with Crippen molar-refractivity contribution in [3.05, 3.63) is 113 Å². The van der Waals surface area contributed by atoms with Crippen LogP contribution in [0.5, 0.6) is 11.5 Å². The fraction of sp³-hybridized carbons (Fsp3) is 0.138. The number of anilines is 2. The lowest BCUT2D eigenvalue weighted by Crippen LogP contribution is -2.20. The van der Waals surface area contributed by atoms with Crippen LogP contribution in [0.1, 0.15) is 34.5 Å². The fourth-order valence-corrected chi connectivity index (χ4v) is 4.16. The van der Waals surface area contributed by atoms with Gasteiger partial charge in [-0.25, -0.2) is 4.79 Å². The van der Waals surface area contributed by atoms with Crippen molar-refractivity contribution in [2.45, 2.75) is 12.8 Å². The van der Waals surface area contributed by atoms with E-state index < -0.39 is 5.97 Å². The van der Waals surface area contributed by atoms with Crippen LogP contribution in [-0.4, -0.2) is 33.5 Å². The number of rotatable bonds is 9. The molecule has 0 radical (unpaired) electrons. The van der Waals surface area contributed by atoms with Gasteiger partial charge in [-0.1, -0.05) is 35.0 Å². The van der Waals surface area contributed by atoms with Gasteiger partial charge >= 0.3 is 5.97 Å². The number of ether oxygens (including phenoxy) is 1. The molecule has 1 heterocycles. The zero-order valence-corrected chi connectivity index (χ0v) is 20.5. The van der Waals surface area contributed by atoms with Gasteiger partial charge in [0.05, 0.1) is 17.6 Å². The normalized spacial score (nSPS) is 13.3. The largest absolute Gasteiger partial charge is 0.478 e. The lowest BCUT2D eigenvalue weighted by Gasteiger charge is -2.25. The lowest BCUT2D eigenvalue weighted by molar-refractivity contribution is 0.0694. The molecule has 0 unspecified atom stereocenters. The second-order valence-corrected chi connectivity index (χ2v) is 9.25. The molecule has 0 amide bonds. The molecule has 4 aromatic rings. The minimum Gasteiger partial charge on any atom is -0.478 e. The molecule has 0 spiro atoms. The highest BCUT2D eigenvalue weighted by Crippen LogP contribution is 2.35. The zero-order valence-electron chi connectivity index (χ0n) is 19.8. The average Bonchev–Trinajstić information content (AvgIpc) is 3.74. The highest BCUT2D eigenvalue weighted by Gasteiger charge is 2.26. The third kappa shape index (κ3) is 5.73. The predicted octanol–water partition coefficient (Wildman–Crippen LogP) is 7.00. The third-order valence-corrected chi connectivity index (χ3v) is 6.38. The van der Waals surface area contributed by atoms with Gasteiger partial charge in [-0.2, -0.15) is 0 Å². The van der Waals surface area contributed by atoms with Crippen molar-refractivity contribution < 1.29 is 19.8 Å². The van der Waals surface area contributed by atoms with Crippen molar-refractivity contribution in [2.75, 3.05) is 11.4 Å². The Bertz CT molecular complexity index is 1420. The van der Waals surface area contributed by atoms with E-state index in [1.54, 1.807) is 48.7 Å². The van der Waals surface area contributed by atoms with E-state index in [-0.39, 0.29) is 17.0 Å². The summed E-state index contributed by atoms with van der Waals surface area (Å²) in [7, 11) is 0. The van der Waals surface area contributed by atoms with Crippen LogP contribution in [0.25, 0.3) is 0 Å². The van der Waals surface area contributed by atoms with Gasteiger partial charge in [0.15, 0.2) is 0 Å². The molecule has 7 nitrogen and oxygen atoms in total. The minimum atomic E-state index is -1.16. The van der Waals surface area contributed by atoms with Crippen molar-refractivity contribution >= 4 is 34.7 Å². The summed E-state index contributed by atoms with van der Waals surface area (Å²) in [4.78, 5) is 18.7. The molecule has 1 fully saturated rings. The molecule has 0 atom stereocenters. The maximum absolute atomic E-state index is 12.0. The first-order valence-corrected chi connectivity index (χ1v) is 12.2. The number of carboxylic acid groups (broad SMARTS) is 1. The summed E-state index contributed by atoms with van der Waals surface area (Å²) in [5.74, 6) is 0.173. The molecular weight excluding hydrogens is 490 g/mol. The Kier molecular flexibility index (Phi) is 7.05. The number of hydrogen-bond donors (Lipinski definition) is 2. The van der Waals surface area contributed by atoms with Crippen molar-refractivity contribution in [1.82, 2.24) is 4.98 Å². The highest BCUT2D eigenvalue weighted by molar-refractivity contribution is 6.30. The Labute approximate surface area is 219 Å². The molecule has 3 aromatic carbocycles. The van der Waals surface area contributed by atoms with Crippen LogP contribution in [0.4, 0.5) is 11.4 Å². The molecule has 2 N–H and O–H groups in total. The van der Waals surface area contributed by atoms with Crippen LogP contribution in [0.15, 0.2) is 96.3 Å². The highest BCUT2D eigenvalue weighted by atomic mass is 35.5. The first kappa shape index (κ1) is 24.3. The van der Waals surface area contributed by atoms with E-state index in [4.69, 9.17) is 16.3 Å². The second kappa shape index (κ2) is 10.7. The number of para-hydroxylation sites is 1. The summed E-state index contributed by atoms with van der Waals surface area (Å²) >= 11 is 6.08. The quantitative estimate of drug-likeness (QED) is 0.142. The van der Waals surface area contributed by atoms with E-state index in [1.165, 1.54) is 18.9 Å². The molecule has 0 aliphatic heterocycles. The number of benzene rings is 3. The Morgan fingerprint density at radius 2 is 1.73 bits per heavy atom. The molecule has 1 aliphatic rings. The summed E-state index contributed by atoms with van der Waals surface area (Å²) in [6.07, 6.45) is 4.13. The smallest absolute Gasteiger partial charge is 0.339 e. The zero-order chi connectivity index (χ0) is 25.8. The molecule has 0 saturated heterocycles. The van der Waals surface area contributed by atoms with Gasteiger partial charge in [0.25, 0.3) is 0 Å². The van der Waals surface area contributed by atoms with Gasteiger partial charge in [0.2, 0.25) is 0 Å². The number of pyridine rings is 1. The number of hydrogen-bond acceptors (Lipinski definition) is 6. The Hall–Kier alpha value is -4.36. The number of nitrogens with zero attached hydrogens (tertiary/aromatic N) is 3. The van der Waals surface area contributed by atoms with Crippen LogP contribution in [0.3, 0.4) is 0 Å². The van der Waals surface area contributed by atoms with Crippen LogP contribution in [0.2, 0.25) is 5.02 Å². The maximum atomic E-state index is 12.0. The fourth-order valence-electron chi connectivity index (χ4n) is 4.03. The lowest BCUT2D eigenvalue weighted by atomic mass is 10.0. The van der Waals surface area contributed by atoms with Gasteiger partial charge in [0, 0.05) is 22.8 Å². The van der Waals surface area contributed by atoms with Gasteiger partial charge in [-0.3, -0.25) is 4.98 Å². The number of halogens is 1. The van der Waals surface area contributed by atoms with Gasteiger partial charge < -0.3 is 20.0 Å². The minimum absolute atomic E-state index is 0.0579. The summed E-state index contributed by atoms with van der Waals surface area (Å²) < 4.78 is 5.76. The molecule has 37 heavy (non-hydrogen) atoms. The Morgan fingerprint density at radius 1 is 1.00 bits per heavy atom. The molecular formula is C29H24ClN3O4. The molecule has 1 aromatic heterocycles. The summed E-state index contributed by atoms with van der Waals surface area (Å²) in [5, 5.41) is 23.7. The number of aromatic carboxylic acids is 1. The van der Waals surface area contributed by atoms with E-state index in [1.807, 2.05) is 36.4 Å². The molecule has 1 saturated carbocycles. The molecule has 5 rings (SSSR count). The monoisotopic (exact) mass is 513 g/mol. The second-order valence-electron chi connectivity index (χ2n) is 8.81. The van der Waals surface area contributed by atoms with E-state index in [0.717, 1.165) is 17.9 Å². The van der Waals surface area contributed by atoms with Crippen molar-refractivity contribution in [3.63, 3.8) is 0 Å². The van der Waals surface area contributed by atoms with Crippen LogP contribution < -0.4 is 9.64 Å². The van der Waals surface area contributed by atoms with Crippen LogP contribution in [-0.2, 0) is 0 Å². The summed E-state index contributed by atoms with van der Waals surface area (Å²) in [5.41, 5.74) is 2.81. The molecule has 0 bridgehead atoms. The third-order valence-electron chi connectivity index (χ3n) is 6.13. The van der Waals surface area contributed by atoms with Crippen molar-refractivity contribution in [3.8, 4) is 11.5 Å². The average molecular weight is 514 g/mol. The number of carboxylic acids is 1. The maximum Gasteiger partial charge on any atom is 0.339 e. The summed E-state index contributed by atoms with van der Waals surface area (Å²) in [6.45, 7) is 0.869. The molecule has 186 valence electrons. The topological polar surface area (TPSA) is 95.2 Å². The predicted molar refractivity (Wildman–Crippen MR) is 143 cm³/mol. The van der Waals surface area contributed by atoms with Crippen LogP contribution in [0, 0.1) is 5.92 Å².